The SMILES string of the molecule is O=C(C1=Nc2cc3c(cc2C1)CN=C3C1CCOCC1)[C@H](CO)c1ccccc1. The standard InChI is InChI=1S/C24H24N2O3/c27-14-20(15-4-2-1-3-5-15)24(28)22-11-17-10-18-13-25-23(16-6-8-29-9-7-16)19(18)12-21(17)26-22/h1-5,10,12,16,20,27H,6-9,11,13-14H2/t20-/m1/s1. The highest BCUT2D eigenvalue weighted by Gasteiger charge is 2.31. The third-order valence-electron chi connectivity index (χ3n) is 6.21. The normalized spacial score (nSPS) is 19.3. The molecule has 3 heterocycles. The lowest BCUT2D eigenvalue weighted by Gasteiger charge is -2.22. The van der Waals surface area contributed by atoms with Gasteiger partial charge in [0.25, 0.3) is 0 Å². The molecule has 0 spiro atoms. The Morgan fingerprint density at radius 3 is 2.69 bits per heavy atom. The number of fused-ring (bicyclic) bond motifs is 2. The molecule has 0 radical (unpaired) electrons. The fourth-order valence-electron chi connectivity index (χ4n) is 4.61. The molecule has 5 heteroatoms. The Hall–Kier alpha value is -2.63. The van der Waals surface area contributed by atoms with Crippen LogP contribution in [0.15, 0.2) is 52.4 Å². The summed E-state index contributed by atoms with van der Waals surface area (Å²) in [6, 6.07) is 13.7. The minimum atomic E-state index is -0.560. The Labute approximate surface area is 170 Å². The van der Waals surface area contributed by atoms with Crippen molar-refractivity contribution in [3.63, 3.8) is 0 Å². The molecule has 5 nitrogen and oxygen atoms in total. The number of nitrogens with zero attached hydrogens (tertiary/aromatic N) is 2. The highest BCUT2D eigenvalue weighted by atomic mass is 16.5. The van der Waals surface area contributed by atoms with Gasteiger partial charge in [-0.15, -0.1) is 0 Å². The summed E-state index contributed by atoms with van der Waals surface area (Å²) in [6.07, 6.45) is 2.55. The molecular formula is C24H24N2O3. The van der Waals surface area contributed by atoms with E-state index < -0.39 is 5.92 Å². The summed E-state index contributed by atoms with van der Waals surface area (Å²) >= 11 is 0. The molecular weight excluding hydrogens is 364 g/mol. The molecule has 0 bridgehead atoms. The fourth-order valence-corrected chi connectivity index (χ4v) is 4.61. The molecule has 5 rings (SSSR count). The van der Waals surface area contributed by atoms with Crippen molar-refractivity contribution < 1.29 is 14.6 Å². The molecule has 1 atom stereocenters. The number of aliphatic imine (C=N–C) groups is 2. The van der Waals surface area contributed by atoms with Crippen molar-refractivity contribution >= 4 is 22.9 Å². The number of hydrogen-bond donors (Lipinski definition) is 1. The van der Waals surface area contributed by atoms with Gasteiger partial charge in [-0.1, -0.05) is 36.4 Å². The predicted molar refractivity (Wildman–Crippen MR) is 112 cm³/mol. The van der Waals surface area contributed by atoms with E-state index in [4.69, 9.17) is 9.73 Å². The summed E-state index contributed by atoms with van der Waals surface area (Å²) < 4.78 is 5.50. The van der Waals surface area contributed by atoms with Gasteiger partial charge in [0.15, 0.2) is 5.78 Å². The van der Waals surface area contributed by atoms with Crippen LogP contribution in [0.4, 0.5) is 5.69 Å². The first-order valence-corrected chi connectivity index (χ1v) is 10.3. The van der Waals surface area contributed by atoms with E-state index in [1.54, 1.807) is 0 Å². The maximum atomic E-state index is 13.1. The molecule has 148 valence electrons. The Morgan fingerprint density at radius 2 is 1.93 bits per heavy atom. The molecule has 0 aliphatic carbocycles. The van der Waals surface area contributed by atoms with Gasteiger partial charge in [0.2, 0.25) is 0 Å². The molecule has 0 amide bonds. The van der Waals surface area contributed by atoms with Crippen LogP contribution >= 0.6 is 0 Å². The van der Waals surface area contributed by atoms with Crippen LogP contribution in [-0.2, 0) is 22.5 Å². The van der Waals surface area contributed by atoms with Crippen LogP contribution in [0.5, 0.6) is 0 Å². The van der Waals surface area contributed by atoms with E-state index in [2.05, 4.69) is 17.1 Å². The van der Waals surface area contributed by atoms with E-state index in [0.29, 0.717) is 24.6 Å². The minimum absolute atomic E-state index is 0.0895. The Bertz CT molecular complexity index is 1000. The third-order valence-corrected chi connectivity index (χ3v) is 6.21. The number of aliphatic hydroxyl groups excluding tert-OH is 1. The average Bonchev–Trinajstić information content (AvgIpc) is 3.37. The maximum absolute atomic E-state index is 13.1. The molecule has 2 aromatic rings. The van der Waals surface area contributed by atoms with Gasteiger partial charge in [-0.05, 0) is 35.6 Å². The van der Waals surface area contributed by atoms with E-state index in [-0.39, 0.29) is 12.4 Å². The molecule has 0 saturated carbocycles. The number of carbonyl (C=O) groups excluding carboxylic acids is 1. The van der Waals surface area contributed by atoms with Gasteiger partial charge >= 0.3 is 0 Å². The van der Waals surface area contributed by atoms with Crippen molar-refractivity contribution in [2.45, 2.75) is 31.7 Å². The number of Topliss-reactive ketones (excluding diaryl/α,β-unsaturated/α-hetero) is 1. The van der Waals surface area contributed by atoms with Crippen LogP contribution in [0.3, 0.4) is 0 Å². The largest absolute Gasteiger partial charge is 0.395 e. The smallest absolute Gasteiger partial charge is 0.187 e. The first kappa shape index (κ1) is 18.4. The predicted octanol–water partition coefficient (Wildman–Crippen LogP) is 3.39. The zero-order valence-corrected chi connectivity index (χ0v) is 16.3. The van der Waals surface area contributed by atoms with E-state index >= 15 is 0 Å². The Kier molecular flexibility index (Phi) is 4.86. The van der Waals surface area contributed by atoms with E-state index in [9.17, 15) is 9.90 Å². The van der Waals surface area contributed by atoms with Gasteiger partial charge in [-0.25, -0.2) is 4.99 Å². The minimum Gasteiger partial charge on any atom is -0.395 e. The summed E-state index contributed by atoms with van der Waals surface area (Å²) in [7, 11) is 0. The van der Waals surface area contributed by atoms with Gasteiger partial charge in [-0.3, -0.25) is 9.79 Å². The second kappa shape index (κ2) is 7.65. The zero-order valence-electron chi connectivity index (χ0n) is 16.3. The van der Waals surface area contributed by atoms with Crippen molar-refractivity contribution in [2.24, 2.45) is 15.9 Å². The maximum Gasteiger partial charge on any atom is 0.187 e. The second-order valence-electron chi connectivity index (χ2n) is 7.97. The molecule has 0 unspecified atom stereocenters. The monoisotopic (exact) mass is 388 g/mol. The van der Waals surface area contributed by atoms with Crippen molar-refractivity contribution in [2.75, 3.05) is 19.8 Å². The number of ether oxygens (including phenoxy) is 1. The van der Waals surface area contributed by atoms with E-state index in [1.807, 2.05) is 30.3 Å². The number of aliphatic hydroxyl groups is 1. The molecule has 3 aliphatic heterocycles. The highest BCUT2D eigenvalue weighted by Crippen LogP contribution is 2.36. The van der Waals surface area contributed by atoms with Gasteiger partial charge in [-0.2, -0.15) is 0 Å². The van der Waals surface area contributed by atoms with Gasteiger partial charge in [0.1, 0.15) is 0 Å². The summed E-state index contributed by atoms with van der Waals surface area (Å²) in [6.45, 7) is 2.09. The van der Waals surface area contributed by atoms with Crippen molar-refractivity contribution in [1.82, 2.24) is 0 Å². The average molecular weight is 388 g/mol. The molecule has 1 fully saturated rings. The van der Waals surface area contributed by atoms with Crippen LogP contribution in [0.1, 0.15) is 41.0 Å². The summed E-state index contributed by atoms with van der Waals surface area (Å²) in [5.41, 5.74) is 6.93. The number of hydrogen-bond acceptors (Lipinski definition) is 5. The van der Waals surface area contributed by atoms with Gasteiger partial charge in [0.05, 0.1) is 30.5 Å². The second-order valence-corrected chi connectivity index (χ2v) is 7.97. The van der Waals surface area contributed by atoms with Gasteiger partial charge in [0, 0.05) is 36.8 Å². The van der Waals surface area contributed by atoms with Gasteiger partial charge < -0.3 is 9.84 Å². The molecule has 1 saturated heterocycles. The van der Waals surface area contributed by atoms with Crippen LogP contribution in [0.25, 0.3) is 0 Å². The Balaban J connectivity index is 1.41. The number of carbonyl (C=O) groups is 1. The van der Waals surface area contributed by atoms with Crippen LogP contribution in [-0.4, -0.2) is 42.1 Å². The molecule has 29 heavy (non-hydrogen) atoms. The lowest BCUT2D eigenvalue weighted by Crippen LogP contribution is -2.25. The number of benzene rings is 2. The third kappa shape index (κ3) is 3.34. The van der Waals surface area contributed by atoms with Crippen molar-refractivity contribution in [3.8, 4) is 0 Å². The van der Waals surface area contributed by atoms with Crippen molar-refractivity contribution in [3.05, 3.63) is 64.7 Å². The fraction of sp³-hybridized carbons (Fsp3) is 0.375. The number of ketones is 1. The van der Waals surface area contributed by atoms with Crippen LogP contribution < -0.4 is 0 Å². The quantitative estimate of drug-likeness (QED) is 0.853. The first-order chi connectivity index (χ1) is 14.2. The highest BCUT2D eigenvalue weighted by molar-refractivity contribution is 6.43. The molecule has 3 aliphatic rings. The molecule has 1 N–H and O–H groups in total. The van der Waals surface area contributed by atoms with E-state index in [0.717, 1.165) is 42.9 Å². The Morgan fingerprint density at radius 1 is 1.14 bits per heavy atom. The summed E-state index contributed by atoms with van der Waals surface area (Å²) in [5, 5.41) is 9.84. The van der Waals surface area contributed by atoms with Crippen molar-refractivity contribution in [1.29, 1.82) is 0 Å². The molecule has 2 aromatic carbocycles. The summed E-state index contributed by atoms with van der Waals surface area (Å²) in [5.74, 6) is -0.199. The lowest BCUT2D eigenvalue weighted by molar-refractivity contribution is -0.115. The topological polar surface area (TPSA) is 71.2 Å². The first-order valence-electron chi connectivity index (χ1n) is 10.3. The number of rotatable bonds is 5. The molecule has 0 aromatic heterocycles. The summed E-state index contributed by atoms with van der Waals surface area (Å²) in [4.78, 5) is 22.6. The van der Waals surface area contributed by atoms with E-state index in [1.165, 1.54) is 16.8 Å². The van der Waals surface area contributed by atoms with Crippen LogP contribution in [0, 0.1) is 5.92 Å². The lowest BCUT2D eigenvalue weighted by atomic mass is 9.88. The van der Waals surface area contributed by atoms with Crippen LogP contribution in [0.2, 0.25) is 0 Å². The zero-order chi connectivity index (χ0) is 19.8.